The quantitative estimate of drug-likeness (QED) is 0.0111. The molecule has 0 amide bonds. The number of allylic oxidation sites excluding steroid dienone is 14. The van der Waals surface area contributed by atoms with Crippen LogP contribution in [0.4, 0.5) is 0 Å². The summed E-state index contributed by atoms with van der Waals surface area (Å²) in [6, 6.07) is 0. The second-order valence-corrected chi connectivity index (χ2v) is 17.0. The van der Waals surface area contributed by atoms with Crippen LogP contribution in [0.2, 0.25) is 0 Å². The molecule has 0 saturated heterocycles. The zero-order chi connectivity index (χ0) is 46.9. The zero-order valence-electron chi connectivity index (χ0n) is 37.1. The van der Waals surface area contributed by atoms with E-state index < -0.39 is 78.4 Å². The molecule has 0 rings (SSSR count). The van der Waals surface area contributed by atoms with Gasteiger partial charge in [0.1, 0.15) is 12.7 Å². The molecule has 63 heavy (non-hydrogen) atoms. The van der Waals surface area contributed by atoms with Crippen molar-refractivity contribution in [2.75, 3.05) is 26.4 Å². The van der Waals surface area contributed by atoms with Crippen LogP contribution in [0.25, 0.3) is 0 Å². The van der Waals surface area contributed by atoms with E-state index in [2.05, 4.69) is 46.4 Å². The third-order valence-electron chi connectivity index (χ3n) is 8.32. The van der Waals surface area contributed by atoms with Gasteiger partial charge in [0.15, 0.2) is 6.10 Å². The fraction of sp³-hybridized carbons (Fsp3) is 0.565. The van der Waals surface area contributed by atoms with Gasteiger partial charge in [-0.05, 0) is 77.0 Å². The van der Waals surface area contributed by atoms with Gasteiger partial charge in [-0.2, -0.15) is 0 Å². The summed E-state index contributed by atoms with van der Waals surface area (Å²) in [5, 5.41) is 29.7. The maximum absolute atomic E-state index is 12.6. The van der Waals surface area contributed by atoms with Crippen molar-refractivity contribution in [3.05, 3.63) is 109 Å². The van der Waals surface area contributed by atoms with Crippen LogP contribution in [0.3, 0.4) is 0 Å². The maximum atomic E-state index is 12.6. The van der Waals surface area contributed by atoms with Crippen LogP contribution in [0, 0.1) is 0 Å². The highest BCUT2D eigenvalue weighted by Gasteiger charge is 2.28. The molecule has 0 heterocycles. The van der Waals surface area contributed by atoms with E-state index >= 15 is 0 Å². The van der Waals surface area contributed by atoms with Crippen LogP contribution in [-0.4, -0.2) is 92.8 Å². The monoisotopic (exact) mass is 928 g/mol. The fourth-order valence-corrected chi connectivity index (χ4v) is 6.12. The Morgan fingerprint density at radius 2 is 1.05 bits per heavy atom. The minimum Gasteiger partial charge on any atom is -0.462 e. The van der Waals surface area contributed by atoms with Gasteiger partial charge in [0.05, 0.1) is 32.0 Å². The first-order chi connectivity index (χ1) is 30.2. The predicted molar refractivity (Wildman–Crippen MR) is 246 cm³/mol. The van der Waals surface area contributed by atoms with Gasteiger partial charge >= 0.3 is 27.6 Å². The highest BCUT2D eigenvalue weighted by atomic mass is 31.2. The molecule has 0 aliphatic rings. The van der Waals surface area contributed by atoms with Crippen molar-refractivity contribution in [3.8, 4) is 0 Å². The van der Waals surface area contributed by atoms with Crippen molar-refractivity contribution in [3.63, 3.8) is 0 Å². The van der Waals surface area contributed by atoms with E-state index in [0.717, 1.165) is 32.1 Å². The largest absolute Gasteiger partial charge is 0.472 e. The fourth-order valence-electron chi connectivity index (χ4n) is 4.96. The topological polar surface area (TPSA) is 236 Å². The first-order valence-corrected chi connectivity index (χ1v) is 24.8. The molecule has 0 fully saturated rings. The predicted octanol–water partition coefficient (Wildman–Crippen LogP) is 9.05. The molecule has 5 atom stereocenters. The summed E-state index contributed by atoms with van der Waals surface area (Å²) in [7, 11) is -9.76. The number of ether oxygens (including phenoxy) is 2. The van der Waals surface area contributed by atoms with Gasteiger partial charge in [0, 0.05) is 12.8 Å². The second-order valence-electron chi connectivity index (χ2n) is 14.3. The molecule has 0 aromatic heterocycles. The van der Waals surface area contributed by atoms with Crippen molar-refractivity contribution >= 4 is 27.6 Å². The van der Waals surface area contributed by atoms with Crippen molar-refractivity contribution in [1.29, 1.82) is 0 Å². The molecule has 0 aromatic carbocycles. The number of aliphatic hydroxyl groups excluding tert-OH is 3. The van der Waals surface area contributed by atoms with Crippen LogP contribution in [0.1, 0.15) is 117 Å². The Morgan fingerprint density at radius 3 is 1.62 bits per heavy atom. The third-order valence-corrected chi connectivity index (χ3v) is 9.75. The number of carbonyl (C=O) groups is 2. The third kappa shape index (κ3) is 43.7. The lowest BCUT2D eigenvalue weighted by Gasteiger charge is -2.20. The lowest BCUT2D eigenvalue weighted by molar-refractivity contribution is -0.161. The Hall–Kier alpha value is -3.30. The molecule has 0 radical (unpaired) electrons. The summed E-state index contributed by atoms with van der Waals surface area (Å²) in [6.45, 7) is 1.27. The summed E-state index contributed by atoms with van der Waals surface area (Å²) in [5.74, 6) is -1.26. The number of carbonyl (C=O) groups excluding carboxylic acids is 2. The smallest absolute Gasteiger partial charge is 0.462 e. The molecule has 0 aliphatic carbocycles. The van der Waals surface area contributed by atoms with E-state index in [1.54, 1.807) is 42.5 Å². The normalized spacial score (nSPS) is 16.0. The standard InChI is InChI=1S/C46H74O15P2/c1-3-5-7-8-9-10-11-12-13-14-15-16-17-22-30-36-46(51)61-44(40-60-63(55,56)59-38-43(49)37-58-62(52,53)54)39-57-45(50)35-29-21-19-18-20-26-32-42(48)34-28-24-23-27-33-41(47)31-25-6-4-2/h6,9-10,12-13,15-16,19-21,23-28,33-34,41-44,47-49H,3-5,7-8,11,14,17-18,22,29-32,35-40H2,1-2H3,(H,55,56)(H2,52,53,54)/b10-9-,13-12-,16-15-,21-19-,24-23-,25-6-,26-20-,33-27+,34-28+/t41-,42+,43+,44-/m1/s1. The van der Waals surface area contributed by atoms with E-state index in [9.17, 15) is 38.9 Å². The summed E-state index contributed by atoms with van der Waals surface area (Å²) in [5.41, 5.74) is 0. The second kappa shape index (κ2) is 40.2. The van der Waals surface area contributed by atoms with Gasteiger partial charge in [-0.3, -0.25) is 23.2 Å². The molecule has 15 nitrogen and oxygen atoms in total. The molecule has 0 aromatic rings. The van der Waals surface area contributed by atoms with E-state index in [1.807, 2.05) is 43.4 Å². The van der Waals surface area contributed by atoms with Crippen molar-refractivity contribution < 1.29 is 71.8 Å². The van der Waals surface area contributed by atoms with Crippen molar-refractivity contribution in [2.24, 2.45) is 0 Å². The highest BCUT2D eigenvalue weighted by molar-refractivity contribution is 7.47. The van der Waals surface area contributed by atoms with Gasteiger partial charge in [-0.1, -0.05) is 136 Å². The Balaban J connectivity index is 4.82. The molecule has 0 bridgehead atoms. The number of unbranched alkanes of at least 4 members (excludes halogenated alkanes) is 5. The number of phosphoric acid groups is 2. The van der Waals surface area contributed by atoms with Gasteiger partial charge in [0.25, 0.3) is 0 Å². The number of aliphatic hydroxyl groups is 3. The lowest BCUT2D eigenvalue weighted by atomic mass is 10.1. The molecule has 0 spiro atoms. The number of esters is 2. The molecule has 358 valence electrons. The van der Waals surface area contributed by atoms with Gasteiger partial charge in [-0.25, -0.2) is 9.13 Å². The summed E-state index contributed by atoms with van der Waals surface area (Å²) in [4.78, 5) is 52.6. The Kier molecular flexibility index (Phi) is 38.1. The Morgan fingerprint density at radius 1 is 0.540 bits per heavy atom. The van der Waals surface area contributed by atoms with Crippen LogP contribution in [0.5, 0.6) is 0 Å². The Bertz CT molecular complexity index is 1560. The summed E-state index contributed by atoms with van der Waals surface area (Å²) in [6.07, 6.45) is 41.6. The number of rotatable bonds is 39. The molecule has 1 unspecified atom stereocenters. The highest BCUT2D eigenvalue weighted by Crippen LogP contribution is 2.43. The average molecular weight is 929 g/mol. The van der Waals surface area contributed by atoms with Crippen LogP contribution >= 0.6 is 15.6 Å². The number of hydrogen-bond donors (Lipinski definition) is 6. The molecular formula is C46H74O15P2. The minimum absolute atomic E-state index is 0.00151. The van der Waals surface area contributed by atoms with Gasteiger partial charge in [0.2, 0.25) is 0 Å². The summed E-state index contributed by atoms with van der Waals surface area (Å²) < 4.78 is 47.6. The lowest BCUT2D eigenvalue weighted by Crippen LogP contribution is -2.29. The zero-order valence-corrected chi connectivity index (χ0v) is 38.9. The molecular weight excluding hydrogens is 854 g/mol. The summed E-state index contributed by atoms with van der Waals surface area (Å²) >= 11 is 0. The van der Waals surface area contributed by atoms with Crippen molar-refractivity contribution in [1.82, 2.24) is 0 Å². The molecule has 17 heteroatoms. The first-order valence-electron chi connectivity index (χ1n) is 21.8. The molecule has 6 N–H and O–H groups in total. The van der Waals surface area contributed by atoms with Gasteiger partial charge in [-0.15, -0.1) is 0 Å². The number of hydrogen-bond acceptors (Lipinski definition) is 12. The number of phosphoric ester groups is 2. The van der Waals surface area contributed by atoms with Crippen LogP contribution in [0.15, 0.2) is 109 Å². The van der Waals surface area contributed by atoms with E-state index in [0.29, 0.717) is 38.5 Å². The minimum atomic E-state index is -4.89. The van der Waals surface area contributed by atoms with Gasteiger partial charge < -0.3 is 39.5 Å². The van der Waals surface area contributed by atoms with Crippen LogP contribution < -0.4 is 0 Å². The maximum Gasteiger partial charge on any atom is 0.472 e. The molecule has 0 saturated carbocycles. The van der Waals surface area contributed by atoms with E-state index in [-0.39, 0.29) is 12.8 Å². The van der Waals surface area contributed by atoms with E-state index in [4.69, 9.17) is 23.8 Å². The average Bonchev–Trinajstić information content (AvgIpc) is 3.23. The first kappa shape index (κ1) is 59.7. The molecule has 0 aliphatic heterocycles. The Labute approximate surface area is 375 Å². The SMILES string of the molecule is CC/C=C\C[C@@H](O)/C=C/C=C\C=C\[C@@H](O)C/C=C\C/C=C\CCC(=O)OC[C@H](COP(=O)(O)OC[C@@H](O)COP(=O)(O)O)OC(=O)CCCC/C=C\C/C=C\C/C=C\CCCCC. The van der Waals surface area contributed by atoms with Crippen molar-refractivity contribution in [2.45, 2.75) is 141 Å². The van der Waals surface area contributed by atoms with E-state index in [1.165, 1.54) is 19.3 Å². The van der Waals surface area contributed by atoms with Crippen LogP contribution in [-0.2, 0) is 41.8 Å².